The highest BCUT2D eigenvalue weighted by atomic mass is 16.1. The summed E-state index contributed by atoms with van der Waals surface area (Å²) < 4.78 is 0. The molecule has 1 aliphatic rings. The molecule has 16 heavy (non-hydrogen) atoms. The normalized spacial score (nSPS) is 23.3. The molecule has 1 nitrogen and oxygen atoms in total. The monoisotopic (exact) mass is 216 g/mol. The van der Waals surface area contributed by atoms with Gasteiger partial charge in [0, 0.05) is 18.3 Å². The summed E-state index contributed by atoms with van der Waals surface area (Å²) in [6, 6.07) is 0. The Morgan fingerprint density at radius 2 is 2.25 bits per heavy atom. The van der Waals surface area contributed by atoms with Gasteiger partial charge in [-0.25, -0.2) is 0 Å². The third-order valence-electron chi connectivity index (χ3n) is 3.02. The van der Waals surface area contributed by atoms with Crippen LogP contribution in [0.4, 0.5) is 0 Å². The summed E-state index contributed by atoms with van der Waals surface area (Å²) in [4.78, 5) is 11.5. The Labute approximate surface area is 98.6 Å². The lowest BCUT2D eigenvalue weighted by molar-refractivity contribution is -0.123. The van der Waals surface area contributed by atoms with Gasteiger partial charge in [0.2, 0.25) is 0 Å². The van der Waals surface area contributed by atoms with E-state index in [2.05, 4.69) is 37.0 Å². The van der Waals surface area contributed by atoms with Gasteiger partial charge in [-0.05, 0) is 26.7 Å². The van der Waals surface area contributed by atoms with E-state index in [1.165, 1.54) is 5.57 Å². The van der Waals surface area contributed by atoms with Crippen molar-refractivity contribution < 1.29 is 4.79 Å². The first-order valence-corrected chi connectivity index (χ1v) is 5.93. The highest BCUT2D eigenvalue weighted by Gasteiger charge is 2.27. The number of ketones is 1. The molecule has 0 saturated carbocycles. The maximum atomic E-state index is 11.5. The van der Waals surface area contributed by atoms with Crippen molar-refractivity contribution in [1.82, 2.24) is 0 Å². The molecular weight excluding hydrogens is 196 g/mol. The van der Waals surface area contributed by atoms with Gasteiger partial charge in [0.15, 0.2) is 0 Å². The fourth-order valence-corrected chi connectivity index (χ4v) is 1.79. The molecule has 0 fully saturated rings. The summed E-state index contributed by atoms with van der Waals surface area (Å²) in [5.41, 5.74) is 0.955. The van der Waals surface area contributed by atoms with Gasteiger partial charge in [0.05, 0.1) is 0 Å². The molecule has 1 aliphatic carbocycles. The van der Waals surface area contributed by atoms with Gasteiger partial charge in [-0.1, -0.05) is 30.7 Å². The van der Waals surface area contributed by atoms with Crippen molar-refractivity contribution in [2.75, 3.05) is 0 Å². The zero-order chi connectivity index (χ0) is 12.0. The molecule has 1 unspecified atom stereocenters. The summed E-state index contributed by atoms with van der Waals surface area (Å²) in [5.74, 6) is 6.44. The molecule has 0 heterocycles. The van der Waals surface area contributed by atoms with Crippen molar-refractivity contribution in [3.05, 3.63) is 23.8 Å². The average molecular weight is 216 g/mol. The van der Waals surface area contributed by atoms with Crippen molar-refractivity contribution in [3.63, 3.8) is 0 Å². The van der Waals surface area contributed by atoms with Gasteiger partial charge >= 0.3 is 0 Å². The van der Waals surface area contributed by atoms with E-state index >= 15 is 0 Å². The molecule has 0 bridgehead atoms. The molecule has 1 rings (SSSR count). The molecule has 0 spiro atoms. The summed E-state index contributed by atoms with van der Waals surface area (Å²) in [6.07, 6.45) is 9.92. The van der Waals surface area contributed by atoms with Crippen molar-refractivity contribution >= 4 is 5.78 Å². The predicted molar refractivity (Wildman–Crippen MR) is 67.9 cm³/mol. The number of carbonyl (C=O) groups is 1. The zero-order valence-corrected chi connectivity index (χ0v) is 10.5. The van der Waals surface area contributed by atoms with E-state index in [0.29, 0.717) is 0 Å². The minimum atomic E-state index is -0.289. The minimum absolute atomic E-state index is 0.244. The summed E-state index contributed by atoms with van der Waals surface area (Å²) >= 11 is 0. The van der Waals surface area contributed by atoms with Gasteiger partial charge in [0.25, 0.3) is 0 Å². The standard InChI is InChI=1S/C15H20O/c1-4-5-6-7-9-14-10-8-11-15(3,12-14)13(2)16/h8,10,12H,4,7,9,11H2,1-3H3. The van der Waals surface area contributed by atoms with Gasteiger partial charge in [-0.15, -0.1) is 11.8 Å². The van der Waals surface area contributed by atoms with Crippen molar-refractivity contribution in [2.45, 2.75) is 46.5 Å². The first kappa shape index (κ1) is 12.8. The minimum Gasteiger partial charge on any atom is -0.299 e. The zero-order valence-electron chi connectivity index (χ0n) is 10.5. The van der Waals surface area contributed by atoms with Crippen molar-refractivity contribution in [1.29, 1.82) is 0 Å². The lowest BCUT2D eigenvalue weighted by atomic mass is 9.78. The molecule has 0 aromatic rings. The second-order valence-electron chi connectivity index (χ2n) is 4.51. The second kappa shape index (κ2) is 5.70. The molecule has 1 heteroatoms. The Balaban J connectivity index is 2.63. The van der Waals surface area contributed by atoms with E-state index in [9.17, 15) is 4.79 Å². The first-order chi connectivity index (χ1) is 7.58. The molecule has 0 aliphatic heterocycles. The SMILES string of the molecule is CCC#CCCC1=CC(C)(C(C)=O)CC=C1. The van der Waals surface area contributed by atoms with Gasteiger partial charge in [0.1, 0.15) is 5.78 Å². The molecule has 86 valence electrons. The lowest BCUT2D eigenvalue weighted by Gasteiger charge is -2.25. The van der Waals surface area contributed by atoms with Crippen LogP contribution in [0.2, 0.25) is 0 Å². The maximum Gasteiger partial charge on any atom is 0.139 e. The van der Waals surface area contributed by atoms with E-state index in [1.54, 1.807) is 6.92 Å². The van der Waals surface area contributed by atoms with Crippen LogP contribution < -0.4 is 0 Å². The lowest BCUT2D eigenvalue weighted by Crippen LogP contribution is -2.24. The van der Waals surface area contributed by atoms with Crippen LogP contribution in [0.3, 0.4) is 0 Å². The number of allylic oxidation sites excluding steroid dienone is 4. The smallest absolute Gasteiger partial charge is 0.139 e. The predicted octanol–water partition coefficient (Wildman–Crippen LogP) is 3.66. The fraction of sp³-hybridized carbons (Fsp3) is 0.533. The Bertz CT molecular complexity index is 376. The van der Waals surface area contributed by atoms with Crippen molar-refractivity contribution in [2.24, 2.45) is 5.41 Å². The number of hydrogen-bond donors (Lipinski definition) is 0. The summed E-state index contributed by atoms with van der Waals surface area (Å²) in [6.45, 7) is 5.74. The largest absolute Gasteiger partial charge is 0.299 e. The van der Waals surface area contributed by atoms with Gasteiger partial charge in [-0.2, -0.15) is 0 Å². The Hall–Kier alpha value is -1.29. The van der Waals surface area contributed by atoms with Crippen LogP contribution in [0.25, 0.3) is 0 Å². The van der Waals surface area contributed by atoms with Crippen LogP contribution in [-0.4, -0.2) is 5.78 Å². The van der Waals surface area contributed by atoms with Gasteiger partial charge < -0.3 is 0 Å². The van der Waals surface area contributed by atoms with Crippen LogP contribution in [0.5, 0.6) is 0 Å². The third kappa shape index (κ3) is 3.38. The summed E-state index contributed by atoms with van der Waals surface area (Å²) in [7, 11) is 0. The molecule has 0 saturated heterocycles. The Morgan fingerprint density at radius 3 is 2.88 bits per heavy atom. The Morgan fingerprint density at radius 1 is 1.50 bits per heavy atom. The Kier molecular flexibility index (Phi) is 4.55. The van der Waals surface area contributed by atoms with Crippen LogP contribution in [-0.2, 0) is 4.79 Å². The highest BCUT2D eigenvalue weighted by Crippen LogP contribution is 2.31. The van der Waals surface area contributed by atoms with E-state index < -0.39 is 0 Å². The summed E-state index contributed by atoms with van der Waals surface area (Å²) in [5, 5.41) is 0. The molecule has 0 N–H and O–H groups in total. The number of Topliss-reactive ketones (excluding diaryl/α,β-unsaturated/α-hetero) is 1. The first-order valence-electron chi connectivity index (χ1n) is 5.93. The topological polar surface area (TPSA) is 17.1 Å². The quantitative estimate of drug-likeness (QED) is 0.658. The van der Waals surface area contributed by atoms with Crippen LogP contribution in [0.15, 0.2) is 23.8 Å². The van der Waals surface area contributed by atoms with Crippen LogP contribution in [0.1, 0.15) is 46.5 Å². The van der Waals surface area contributed by atoms with Crippen molar-refractivity contribution in [3.8, 4) is 11.8 Å². The highest BCUT2D eigenvalue weighted by molar-refractivity contribution is 5.84. The molecule has 0 radical (unpaired) electrons. The molecule has 0 amide bonds. The second-order valence-corrected chi connectivity index (χ2v) is 4.51. The van der Waals surface area contributed by atoms with Crippen LogP contribution in [0, 0.1) is 17.3 Å². The van der Waals surface area contributed by atoms with E-state index in [1.807, 2.05) is 6.92 Å². The average Bonchev–Trinajstić information content (AvgIpc) is 2.24. The number of carbonyl (C=O) groups excluding carboxylic acids is 1. The molecular formula is C15H20O. The van der Waals surface area contributed by atoms with E-state index in [0.717, 1.165) is 25.7 Å². The van der Waals surface area contributed by atoms with E-state index in [4.69, 9.17) is 0 Å². The van der Waals surface area contributed by atoms with E-state index in [-0.39, 0.29) is 11.2 Å². The van der Waals surface area contributed by atoms with Gasteiger partial charge in [-0.3, -0.25) is 4.79 Å². The number of rotatable bonds is 3. The third-order valence-corrected chi connectivity index (χ3v) is 3.02. The molecule has 0 aromatic heterocycles. The molecule has 0 aromatic carbocycles. The molecule has 1 atom stereocenters. The fourth-order valence-electron chi connectivity index (χ4n) is 1.79. The van der Waals surface area contributed by atoms with Crippen LogP contribution >= 0.6 is 0 Å². The maximum absolute atomic E-state index is 11.5. The number of hydrogen-bond acceptors (Lipinski definition) is 1.